The zero-order valence-corrected chi connectivity index (χ0v) is 13.0. The van der Waals surface area contributed by atoms with Gasteiger partial charge in [0.25, 0.3) is 5.91 Å². The lowest BCUT2D eigenvalue weighted by Gasteiger charge is -2.19. The molecule has 1 atom stereocenters. The molecule has 108 valence electrons. The molecule has 1 aromatic rings. The predicted octanol–water partition coefficient (Wildman–Crippen LogP) is 2.83. The van der Waals surface area contributed by atoms with Crippen molar-refractivity contribution >= 4 is 18.3 Å². The highest BCUT2D eigenvalue weighted by Gasteiger charge is 2.15. The van der Waals surface area contributed by atoms with Crippen LogP contribution in [0.3, 0.4) is 0 Å². The van der Waals surface area contributed by atoms with Gasteiger partial charge in [-0.3, -0.25) is 4.79 Å². The third-order valence-corrected chi connectivity index (χ3v) is 3.01. The van der Waals surface area contributed by atoms with E-state index in [2.05, 4.69) is 19.2 Å². The van der Waals surface area contributed by atoms with E-state index in [1.165, 1.54) is 0 Å². The first kappa shape index (κ1) is 17.9. The van der Waals surface area contributed by atoms with Crippen molar-refractivity contribution in [3.63, 3.8) is 0 Å². The summed E-state index contributed by atoms with van der Waals surface area (Å²) in [5, 5.41) is 3.02. The molecule has 1 unspecified atom stereocenters. The maximum atomic E-state index is 12.2. The van der Waals surface area contributed by atoms with Crippen LogP contribution in [0.2, 0.25) is 0 Å². The Labute approximate surface area is 122 Å². The molecule has 0 aromatic heterocycles. The van der Waals surface area contributed by atoms with E-state index in [1.54, 1.807) is 0 Å². The van der Waals surface area contributed by atoms with Crippen LogP contribution in [0.25, 0.3) is 0 Å². The van der Waals surface area contributed by atoms with E-state index in [-0.39, 0.29) is 24.4 Å². The molecule has 1 rings (SSSR count). The molecule has 3 nitrogen and oxygen atoms in total. The van der Waals surface area contributed by atoms with Crippen LogP contribution in [0, 0.1) is 19.8 Å². The predicted molar refractivity (Wildman–Crippen MR) is 82.9 cm³/mol. The standard InChI is InChI=1S/C15H24N2O.ClH/c1-10(2)7-13(9-16)17-15(18)14-8-11(3)5-6-12(14)4;/h5-6,8,10,13H,7,9,16H2,1-4H3,(H,17,18);1H. The Morgan fingerprint density at radius 1 is 1.32 bits per heavy atom. The molecular weight excluding hydrogens is 260 g/mol. The average Bonchev–Trinajstić information content (AvgIpc) is 2.30. The van der Waals surface area contributed by atoms with E-state index >= 15 is 0 Å². The number of benzene rings is 1. The molecule has 1 aromatic carbocycles. The molecule has 0 radical (unpaired) electrons. The lowest BCUT2D eigenvalue weighted by Crippen LogP contribution is -2.41. The molecule has 3 N–H and O–H groups in total. The maximum absolute atomic E-state index is 12.2. The molecule has 0 spiro atoms. The van der Waals surface area contributed by atoms with Crippen molar-refractivity contribution in [2.45, 2.75) is 40.2 Å². The zero-order valence-electron chi connectivity index (χ0n) is 12.2. The minimum absolute atomic E-state index is 0. The van der Waals surface area contributed by atoms with Crippen molar-refractivity contribution in [1.82, 2.24) is 5.32 Å². The fourth-order valence-electron chi connectivity index (χ4n) is 2.03. The highest BCUT2D eigenvalue weighted by Crippen LogP contribution is 2.11. The van der Waals surface area contributed by atoms with Gasteiger partial charge < -0.3 is 11.1 Å². The van der Waals surface area contributed by atoms with Crippen LogP contribution in [0.1, 0.15) is 41.8 Å². The number of hydrogen-bond acceptors (Lipinski definition) is 2. The number of hydrogen-bond donors (Lipinski definition) is 2. The average molecular weight is 285 g/mol. The number of nitrogens with one attached hydrogen (secondary N) is 1. The summed E-state index contributed by atoms with van der Waals surface area (Å²) in [6, 6.07) is 5.97. The first-order chi connectivity index (χ1) is 8.43. The van der Waals surface area contributed by atoms with E-state index in [9.17, 15) is 4.79 Å². The highest BCUT2D eigenvalue weighted by atomic mass is 35.5. The van der Waals surface area contributed by atoms with E-state index in [0.29, 0.717) is 12.5 Å². The van der Waals surface area contributed by atoms with Crippen LogP contribution < -0.4 is 11.1 Å². The lowest BCUT2D eigenvalue weighted by molar-refractivity contribution is 0.0933. The van der Waals surface area contributed by atoms with Gasteiger partial charge in [-0.1, -0.05) is 31.5 Å². The van der Waals surface area contributed by atoms with Crippen molar-refractivity contribution in [2.75, 3.05) is 6.54 Å². The van der Waals surface area contributed by atoms with E-state index in [4.69, 9.17) is 5.73 Å². The Bertz CT molecular complexity index is 419. The van der Waals surface area contributed by atoms with Crippen LogP contribution in [0.5, 0.6) is 0 Å². The summed E-state index contributed by atoms with van der Waals surface area (Å²) in [5.74, 6) is 0.504. The molecule has 0 saturated heterocycles. The molecule has 0 aliphatic carbocycles. The summed E-state index contributed by atoms with van der Waals surface area (Å²) in [4.78, 5) is 12.2. The van der Waals surface area contributed by atoms with Crippen molar-refractivity contribution < 1.29 is 4.79 Å². The van der Waals surface area contributed by atoms with E-state index in [1.807, 2.05) is 32.0 Å². The zero-order chi connectivity index (χ0) is 13.7. The monoisotopic (exact) mass is 284 g/mol. The van der Waals surface area contributed by atoms with Crippen molar-refractivity contribution in [3.05, 3.63) is 34.9 Å². The summed E-state index contributed by atoms with van der Waals surface area (Å²) in [5.41, 5.74) is 8.54. The van der Waals surface area contributed by atoms with Gasteiger partial charge in [-0.2, -0.15) is 0 Å². The van der Waals surface area contributed by atoms with Gasteiger partial charge in [-0.25, -0.2) is 0 Å². The Morgan fingerprint density at radius 2 is 1.95 bits per heavy atom. The smallest absolute Gasteiger partial charge is 0.251 e. The van der Waals surface area contributed by atoms with Crippen LogP contribution >= 0.6 is 12.4 Å². The van der Waals surface area contributed by atoms with Crippen LogP contribution in [0.4, 0.5) is 0 Å². The molecule has 1 amide bonds. The van der Waals surface area contributed by atoms with Gasteiger partial charge in [0, 0.05) is 18.2 Å². The van der Waals surface area contributed by atoms with Gasteiger partial charge in [0.05, 0.1) is 0 Å². The Morgan fingerprint density at radius 3 is 2.47 bits per heavy atom. The first-order valence-corrected chi connectivity index (χ1v) is 6.52. The van der Waals surface area contributed by atoms with Crippen molar-refractivity contribution in [3.8, 4) is 0 Å². The van der Waals surface area contributed by atoms with Crippen molar-refractivity contribution in [2.24, 2.45) is 11.7 Å². The topological polar surface area (TPSA) is 55.1 Å². The fraction of sp³-hybridized carbons (Fsp3) is 0.533. The number of nitrogens with two attached hydrogens (primary N) is 1. The Kier molecular flexibility index (Phi) is 7.72. The lowest BCUT2D eigenvalue weighted by atomic mass is 10.0. The maximum Gasteiger partial charge on any atom is 0.251 e. The normalized spacial score (nSPS) is 11.9. The minimum Gasteiger partial charge on any atom is -0.348 e. The Hall–Kier alpha value is -1.06. The fourth-order valence-corrected chi connectivity index (χ4v) is 2.03. The largest absolute Gasteiger partial charge is 0.348 e. The third-order valence-electron chi connectivity index (χ3n) is 3.01. The van der Waals surface area contributed by atoms with E-state index < -0.39 is 0 Å². The van der Waals surface area contributed by atoms with Gasteiger partial charge in [0.1, 0.15) is 0 Å². The number of halogens is 1. The summed E-state index contributed by atoms with van der Waals surface area (Å²) in [6.07, 6.45) is 0.910. The van der Waals surface area contributed by atoms with Gasteiger partial charge >= 0.3 is 0 Å². The summed E-state index contributed by atoms with van der Waals surface area (Å²) >= 11 is 0. The molecule has 0 saturated carbocycles. The van der Waals surface area contributed by atoms with Crippen LogP contribution in [0.15, 0.2) is 18.2 Å². The molecule has 0 bridgehead atoms. The molecule has 4 heteroatoms. The van der Waals surface area contributed by atoms with Gasteiger partial charge in [0.15, 0.2) is 0 Å². The molecule has 19 heavy (non-hydrogen) atoms. The second-order valence-electron chi connectivity index (χ2n) is 5.35. The van der Waals surface area contributed by atoms with Crippen molar-refractivity contribution in [1.29, 1.82) is 0 Å². The second kappa shape index (κ2) is 8.18. The van der Waals surface area contributed by atoms with E-state index in [0.717, 1.165) is 23.1 Å². The molecule has 0 aliphatic rings. The number of rotatable bonds is 5. The number of carbonyl (C=O) groups excluding carboxylic acids is 1. The molecule has 0 heterocycles. The minimum atomic E-state index is -0.0210. The summed E-state index contributed by atoms with van der Waals surface area (Å²) in [7, 11) is 0. The third kappa shape index (κ3) is 5.62. The molecule has 0 fully saturated rings. The quantitative estimate of drug-likeness (QED) is 0.873. The SMILES string of the molecule is Cc1ccc(C)c(C(=O)NC(CN)CC(C)C)c1.Cl. The molecule has 0 aliphatic heterocycles. The van der Waals surface area contributed by atoms with Crippen LogP contribution in [-0.4, -0.2) is 18.5 Å². The molecular formula is C15H25ClN2O. The summed E-state index contributed by atoms with van der Waals surface area (Å²) in [6.45, 7) is 8.69. The second-order valence-corrected chi connectivity index (χ2v) is 5.35. The van der Waals surface area contributed by atoms with Crippen LogP contribution in [-0.2, 0) is 0 Å². The van der Waals surface area contributed by atoms with Gasteiger partial charge in [-0.15, -0.1) is 12.4 Å². The first-order valence-electron chi connectivity index (χ1n) is 6.52. The summed E-state index contributed by atoms with van der Waals surface area (Å²) < 4.78 is 0. The number of aryl methyl sites for hydroxylation is 2. The Balaban J connectivity index is 0.00000324. The van der Waals surface area contributed by atoms with Gasteiger partial charge in [0.2, 0.25) is 0 Å². The number of amides is 1. The number of carbonyl (C=O) groups is 1. The highest BCUT2D eigenvalue weighted by molar-refractivity contribution is 5.96. The van der Waals surface area contributed by atoms with Gasteiger partial charge in [-0.05, 0) is 37.8 Å².